The van der Waals surface area contributed by atoms with E-state index >= 15 is 0 Å². The van der Waals surface area contributed by atoms with Gasteiger partial charge < -0.3 is 29.7 Å². The van der Waals surface area contributed by atoms with E-state index in [0.717, 1.165) is 0 Å². The number of nitrogens with zero attached hydrogens (tertiary/aromatic N) is 2. The van der Waals surface area contributed by atoms with Gasteiger partial charge in [0.1, 0.15) is 17.0 Å². The topological polar surface area (TPSA) is 166 Å². The van der Waals surface area contributed by atoms with E-state index in [4.69, 9.17) is 14.2 Å². The molecule has 1 rings (SSSR count). The second kappa shape index (κ2) is 15.5. The number of ether oxygens (including phenoxy) is 3. The van der Waals surface area contributed by atoms with E-state index in [1.807, 2.05) is 0 Å². The minimum Gasteiger partial charge on any atom is -0.444 e. The fourth-order valence-electron chi connectivity index (χ4n) is 3.10. The summed E-state index contributed by atoms with van der Waals surface area (Å²) in [6, 6.07) is 5.04. The molecule has 13 heteroatoms. The van der Waals surface area contributed by atoms with Gasteiger partial charge in [0, 0.05) is 44.7 Å². The van der Waals surface area contributed by atoms with E-state index in [2.05, 4.69) is 10.6 Å². The smallest absolute Gasteiger partial charge is 0.407 e. The summed E-state index contributed by atoms with van der Waals surface area (Å²) in [5.74, 6) is -0.822. The lowest BCUT2D eigenvalue weighted by atomic mass is 10.2. The predicted octanol–water partition coefficient (Wildman–Crippen LogP) is 3.94. The largest absolute Gasteiger partial charge is 0.444 e. The Labute approximate surface area is 228 Å². The number of carbonyl (C=O) groups excluding carboxylic acids is 4. The molecule has 1 aromatic carbocycles. The summed E-state index contributed by atoms with van der Waals surface area (Å²) < 4.78 is 15.5. The molecule has 0 unspecified atom stereocenters. The summed E-state index contributed by atoms with van der Waals surface area (Å²) in [5.41, 5.74) is -1.39. The molecule has 0 saturated carbocycles. The molecule has 3 amide bonds. The molecule has 13 nitrogen and oxygen atoms in total. The first-order chi connectivity index (χ1) is 18.1. The molecule has 1 aromatic rings. The van der Waals surface area contributed by atoms with Crippen molar-refractivity contribution >= 4 is 29.8 Å². The minimum atomic E-state index is -0.657. The van der Waals surface area contributed by atoms with Crippen LogP contribution in [0.3, 0.4) is 0 Å². The molecule has 0 aliphatic heterocycles. The molecule has 0 spiro atoms. The van der Waals surface area contributed by atoms with Gasteiger partial charge in [0.25, 0.3) is 5.69 Å². The third-order valence-corrected chi connectivity index (χ3v) is 4.72. The van der Waals surface area contributed by atoms with Gasteiger partial charge in [-0.05, 0) is 66.5 Å². The van der Waals surface area contributed by atoms with Crippen molar-refractivity contribution in [1.29, 1.82) is 0 Å². The van der Waals surface area contributed by atoms with E-state index in [9.17, 15) is 29.3 Å². The number of alkyl carbamates (subject to hydrolysis) is 2. The van der Waals surface area contributed by atoms with E-state index in [0.29, 0.717) is 25.9 Å². The molecular weight excluding hydrogens is 512 g/mol. The zero-order valence-electron chi connectivity index (χ0n) is 23.5. The maximum atomic E-state index is 12.9. The molecule has 0 bridgehead atoms. The van der Waals surface area contributed by atoms with Gasteiger partial charge in [-0.3, -0.25) is 19.7 Å². The van der Waals surface area contributed by atoms with Crippen LogP contribution in [0.5, 0.6) is 5.75 Å². The maximum Gasteiger partial charge on any atom is 0.407 e. The molecule has 0 saturated heterocycles. The highest BCUT2D eigenvalue weighted by Gasteiger charge is 2.19. The normalized spacial score (nSPS) is 11.2. The molecule has 0 aliphatic rings. The monoisotopic (exact) mass is 552 g/mol. The molecule has 2 N–H and O–H groups in total. The first kappa shape index (κ1) is 33.1. The van der Waals surface area contributed by atoms with Crippen LogP contribution < -0.4 is 15.4 Å². The summed E-state index contributed by atoms with van der Waals surface area (Å²) in [6.07, 6.45) is -0.550. The number of nitro benzene ring substituents is 1. The van der Waals surface area contributed by atoms with Crippen molar-refractivity contribution in [2.24, 2.45) is 0 Å². The number of amides is 3. The average molecular weight is 553 g/mol. The summed E-state index contributed by atoms with van der Waals surface area (Å²) in [5, 5.41) is 16.0. The van der Waals surface area contributed by atoms with Crippen molar-refractivity contribution in [3.05, 3.63) is 34.4 Å². The number of esters is 1. The van der Waals surface area contributed by atoms with Crippen molar-refractivity contribution in [2.45, 2.75) is 78.4 Å². The molecular formula is C26H40N4O9. The van der Waals surface area contributed by atoms with Crippen molar-refractivity contribution < 1.29 is 38.3 Å². The Morgan fingerprint density at radius 3 is 1.69 bits per heavy atom. The zero-order chi connectivity index (χ0) is 29.6. The number of carbonyl (C=O) groups is 4. The Morgan fingerprint density at radius 2 is 1.28 bits per heavy atom. The maximum absolute atomic E-state index is 12.9. The highest BCUT2D eigenvalue weighted by atomic mass is 16.6. The number of nitro groups is 1. The Kier molecular flexibility index (Phi) is 13.2. The van der Waals surface area contributed by atoms with Crippen molar-refractivity contribution in [3.63, 3.8) is 0 Å². The third kappa shape index (κ3) is 15.8. The first-order valence-electron chi connectivity index (χ1n) is 12.7. The van der Waals surface area contributed by atoms with Gasteiger partial charge in [0.05, 0.1) is 11.3 Å². The number of hydrogen-bond acceptors (Lipinski definition) is 9. The van der Waals surface area contributed by atoms with Gasteiger partial charge in [-0.1, -0.05) is 0 Å². The van der Waals surface area contributed by atoms with Gasteiger partial charge in [0.2, 0.25) is 5.91 Å². The lowest BCUT2D eigenvalue weighted by Crippen LogP contribution is -2.38. The van der Waals surface area contributed by atoms with E-state index in [1.165, 1.54) is 24.3 Å². The second-order valence-corrected chi connectivity index (χ2v) is 10.7. The standard InChI is InChI=1S/C26H40N4O9/c1-25(2,3)38-23(33)27-15-7-17-29(18-8-16-28-24(34)39-26(4,5)6)21(31)13-14-22(32)37-20-11-9-19(10-12-20)30(35)36/h9-12H,7-8,13-18H2,1-6H3,(H,27,33)(H,28,34). The van der Waals surface area contributed by atoms with Crippen LogP contribution in [0.4, 0.5) is 15.3 Å². The van der Waals surface area contributed by atoms with Crippen molar-refractivity contribution in [2.75, 3.05) is 26.2 Å². The minimum absolute atomic E-state index is 0.120. The number of non-ortho nitro benzene ring substituents is 1. The molecule has 218 valence electrons. The number of benzene rings is 1. The first-order valence-corrected chi connectivity index (χ1v) is 12.7. The highest BCUT2D eigenvalue weighted by Crippen LogP contribution is 2.18. The average Bonchev–Trinajstić information content (AvgIpc) is 2.79. The van der Waals surface area contributed by atoms with Crippen LogP contribution in [0, 0.1) is 10.1 Å². The van der Waals surface area contributed by atoms with Gasteiger partial charge in [-0.25, -0.2) is 9.59 Å². The Morgan fingerprint density at radius 1 is 0.821 bits per heavy atom. The Hall–Kier alpha value is -3.90. The van der Waals surface area contributed by atoms with Gasteiger partial charge in [-0.15, -0.1) is 0 Å². The van der Waals surface area contributed by atoms with Crippen LogP contribution in [-0.4, -0.2) is 71.3 Å². The molecule has 0 heterocycles. The zero-order valence-corrected chi connectivity index (χ0v) is 23.5. The number of nitrogens with one attached hydrogen (secondary N) is 2. The molecule has 0 atom stereocenters. The lowest BCUT2D eigenvalue weighted by Gasteiger charge is -2.24. The number of rotatable bonds is 13. The number of hydrogen-bond donors (Lipinski definition) is 2. The third-order valence-electron chi connectivity index (χ3n) is 4.72. The molecule has 0 fully saturated rings. The molecule has 0 aliphatic carbocycles. The van der Waals surface area contributed by atoms with Crippen molar-refractivity contribution in [3.8, 4) is 5.75 Å². The van der Waals surface area contributed by atoms with Gasteiger partial charge in [-0.2, -0.15) is 0 Å². The fraction of sp³-hybridized carbons (Fsp3) is 0.615. The van der Waals surface area contributed by atoms with Crippen LogP contribution in [0.25, 0.3) is 0 Å². The summed E-state index contributed by atoms with van der Waals surface area (Å²) in [7, 11) is 0. The van der Waals surface area contributed by atoms with Crippen LogP contribution >= 0.6 is 0 Å². The van der Waals surface area contributed by atoms with Crippen LogP contribution in [-0.2, 0) is 19.1 Å². The van der Waals surface area contributed by atoms with Crippen LogP contribution in [0.1, 0.15) is 67.2 Å². The van der Waals surface area contributed by atoms with Gasteiger partial charge >= 0.3 is 18.2 Å². The summed E-state index contributed by atoms with van der Waals surface area (Å²) in [6.45, 7) is 11.7. The van der Waals surface area contributed by atoms with E-state index in [1.54, 1.807) is 46.4 Å². The fourth-order valence-corrected chi connectivity index (χ4v) is 3.10. The Bertz CT molecular complexity index is 947. The Balaban J connectivity index is 2.60. The van der Waals surface area contributed by atoms with E-state index < -0.39 is 34.3 Å². The predicted molar refractivity (Wildman–Crippen MR) is 142 cm³/mol. The van der Waals surface area contributed by atoms with Gasteiger partial charge in [0.15, 0.2) is 0 Å². The molecule has 39 heavy (non-hydrogen) atoms. The highest BCUT2D eigenvalue weighted by molar-refractivity contribution is 5.82. The lowest BCUT2D eigenvalue weighted by molar-refractivity contribution is -0.384. The summed E-state index contributed by atoms with van der Waals surface area (Å²) >= 11 is 0. The van der Waals surface area contributed by atoms with Crippen molar-refractivity contribution in [1.82, 2.24) is 15.5 Å². The van der Waals surface area contributed by atoms with E-state index in [-0.39, 0.29) is 43.3 Å². The molecule has 0 radical (unpaired) electrons. The molecule has 0 aromatic heterocycles. The summed E-state index contributed by atoms with van der Waals surface area (Å²) in [4.78, 5) is 60.5. The quantitative estimate of drug-likeness (QED) is 0.121. The second-order valence-electron chi connectivity index (χ2n) is 10.7. The van der Waals surface area contributed by atoms with Crippen LogP contribution in [0.2, 0.25) is 0 Å². The van der Waals surface area contributed by atoms with Crippen LogP contribution in [0.15, 0.2) is 24.3 Å². The SMILES string of the molecule is CC(C)(C)OC(=O)NCCCN(CCCNC(=O)OC(C)(C)C)C(=O)CCC(=O)Oc1ccc([N+](=O)[O-])cc1.